The van der Waals surface area contributed by atoms with E-state index >= 15 is 0 Å². The Morgan fingerprint density at radius 1 is 0.683 bits per heavy atom. The standard InChI is InChI=1S/C30H21F2O6PS2/c1-35-23-7-3-5-21-25(13-17-9-11-19(31)15-27(17)40-29(21)23)37-39(33,34)38-26-14-18-10-12-20(32)16-28(18)41-30-22(26)6-4-8-24(30)36-2/h3-16H,1-2H3,(H,33,34). The number of fused-ring (bicyclic) bond motifs is 4. The summed E-state index contributed by atoms with van der Waals surface area (Å²) in [7, 11) is -1.85. The molecule has 0 saturated heterocycles. The van der Waals surface area contributed by atoms with E-state index in [2.05, 4.69) is 0 Å². The van der Waals surface area contributed by atoms with Crippen LogP contribution in [0.25, 0.3) is 23.7 Å². The predicted molar refractivity (Wildman–Crippen MR) is 155 cm³/mol. The monoisotopic (exact) mass is 610 g/mol. The number of halogens is 2. The first-order chi connectivity index (χ1) is 19.7. The van der Waals surface area contributed by atoms with Gasteiger partial charge in [-0.25, -0.2) is 13.3 Å². The van der Waals surface area contributed by atoms with Crippen LogP contribution in [0.3, 0.4) is 0 Å². The van der Waals surface area contributed by atoms with Gasteiger partial charge >= 0.3 is 7.82 Å². The molecule has 0 unspecified atom stereocenters. The van der Waals surface area contributed by atoms with Gasteiger partial charge in [-0.1, -0.05) is 47.8 Å². The zero-order valence-corrected chi connectivity index (χ0v) is 24.1. The van der Waals surface area contributed by atoms with E-state index in [1.54, 1.807) is 60.7 Å². The van der Waals surface area contributed by atoms with Crippen molar-refractivity contribution >= 4 is 55.0 Å². The van der Waals surface area contributed by atoms with Crippen LogP contribution in [-0.2, 0) is 13.6 Å². The number of rotatable bonds is 6. The van der Waals surface area contributed by atoms with Crippen molar-refractivity contribution in [3.63, 3.8) is 0 Å². The molecule has 0 amide bonds. The summed E-state index contributed by atoms with van der Waals surface area (Å²) in [4.78, 5) is 13.5. The van der Waals surface area contributed by atoms with E-state index in [9.17, 15) is 18.2 Å². The van der Waals surface area contributed by atoms with Gasteiger partial charge in [0.25, 0.3) is 0 Å². The Morgan fingerprint density at radius 2 is 1.12 bits per heavy atom. The van der Waals surface area contributed by atoms with Crippen LogP contribution in [0.4, 0.5) is 8.78 Å². The van der Waals surface area contributed by atoms with E-state index < -0.39 is 19.5 Å². The zero-order valence-electron chi connectivity index (χ0n) is 21.6. The van der Waals surface area contributed by atoms with Crippen molar-refractivity contribution in [1.29, 1.82) is 0 Å². The highest BCUT2D eigenvalue weighted by molar-refractivity contribution is 8.00. The number of methoxy groups -OCH3 is 2. The highest BCUT2D eigenvalue weighted by Crippen LogP contribution is 2.56. The maximum Gasteiger partial charge on any atom is 0.584 e. The van der Waals surface area contributed by atoms with E-state index in [1.807, 2.05) is 0 Å². The smallest absolute Gasteiger partial charge is 0.496 e. The molecular formula is C30H21F2O6PS2. The first-order valence-electron chi connectivity index (χ1n) is 12.2. The summed E-state index contributed by atoms with van der Waals surface area (Å²) in [5.74, 6) is 0.212. The van der Waals surface area contributed by atoms with Crippen molar-refractivity contribution in [2.24, 2.45) is 0 Å². The molecule has 2 heterocycles. The minimum absolute atomic E-state index is 0.0412. The summed E-state index contributed by atoms with van der Waals surface area (Å²) < 4.78 is 64.4. The van der Waals surface area contributed by atoms with Gasteiger partial charge < -0.3 is 18.5 Å². The highest BCUT2D eigenvalue weighted by atomic mass is 32.2. The van der Waals surface area contributed by atoms with Crippen LogP contribution < -0.4 is 9.47 Å². The lowest BCUT2D eigenvalue weighted by Gasteiger charge is -2.20. The number of ether oxygens (including phenoxy) is 2. The van der Waals surface area contributed by atoms with Crippen LogP contribution in [0, 0.1) is 11.6 Å². The lowest BCUT2D eigenvalue weighted by molar-refractivity contribution is 0.264. The molecule has 0 radical (unpaired) electrons. The van der Waals surface area contributed by atoms with Crippen LogP contribution in [0.5, 0.6) is 11.5 Å². The molecule has 2 aliphatic heterocycles. The Kier molecular flexibility index (Phi) is 7.34. The van der Waals surface area contributed by atoms with Gasteiger partial charge in [0, 0.05) is 20.9 Å². The summed E-state index contributed by atoms with van der Waals surface area (Å²) in [5, 5.41) is 0. The molecule has 1 N–H and O–H groups in total. The SMILES string of the molecule is COc1cccc2c1Sc1cc(F)ccc1C=C2OP(=O)(O)OC1=Cc2ccc(F)cc2Sc2c(OC)cccc21. The Hall–Kier alpha value is -3.69. The third kappa shape index (κ3) is 5.48. The fourth-order valence-electron chi connectivity index (χ4n) is 4.46. The van der Waals surface area contributed by atoms with Crippen molar-refractivity contribution in [2.75, 3.05) is 14.2 Å². The minimum atomic E-state index is -4.85. The second-order valence-corrected chi connectivity index (χ2v) is 12.3. The second-order valence-electron chi connectivity index (χ2n) is 8.91. The quantitative estimate of drug-likeness (QED) is 0.217. The number of phosphoric ester groups is 1. The average Bonchev–Trinajstić information content (AvgIpc) is 3.19. The lowest BCUT2D eigenvalue weighted by Crippen LogP contribution is -1.99. The molecule has 11 heteroatoms. The summed E-state index contributed by atoms with van der Waals surface area (Å²) >= 11 is 2.51. The maximum absolute atomic E-state index is 14.1. The third-order valence-corrected chi connectivity index (χ3v) is 9.56. The molecule has 4 aromatic carbocycles. The fourth-order valence-corrected chi connectivity index (χ4v) is 7.63. The summed E-state index contributed by atoms with van der Waals surface area (Å²) in [6.45, 7) is 0. The Bertz CT molecular complexity index is 1680. The van der Waals surface area contributed by atoms with Crippen LogP contribution in [-0.4, -0.2) is 19.1 Å². The summed E-state index contributed by atoms with van der Waals surface area (Å²) in [6, 6.07) is 18.8. The molecule has 0 fully saturated rings. The van der Waals surface area contributed by atoms with Gasteiger partial charge in [-0.3, -0.25) is 4.89 Å². The van der Waals surface area contributed by atoms with Gasteiger partial charge in [0.15, 0.2) is 0 Å². The summed E-state index contributed by atoms with van der Waals surface area (Å²) in [6.07, 6.45) is 3.12. The van der Waals surface area contributed by atoms with Crippen molar-refractivity contribution in [1.82, 2.24) is 0 Å². The van der Waals surface area contributed by atoms with Gasteiger partial charge in [-0.2, -0.15) is 0 Å². The first kappa shape index (κ1) is 27.5. The number of phosphoric acid groups is 1. The Morgan fingerprint density at radius 3 is 1.54 bits per heavy atom. The Labute approximate surface area is 243 Å². The van der Waals surface area contributed by atoms with E-state index in [1.165, 1.54) is 62.0 Å². The summed E-state index contributed by atoms with van der Waals surface area (Å²) in [5.41, 5.74) is 2.11. The zero-order chi connectivity index (χ0) is 28.7. The van der Waals surface area contributed by atoms with Crippen molar-refractivity contribution in [3.8, 4) is 11.5 Å². The van der Waals surface area contributed by atoms with E-state index in [0.29, 0.717) is 53.3 Å². The van der Waals surface area contributed by atoms with Crippen LogP contribution in [0.15, 0.2) is 92.4 Å². The van der Waals surface area contributed by atoms with Crippen molar-refractivity contribution in [2.45, 2.75) is 19.6 Å². The molecule has 0 bridgehead atoms. The van der Waals surface area contributed by atoms with Gasteiger partial charge in [-0.15, -0.1) is 0 Å². The number of hydrogen-bond donors (Lipinski definition) is 1. The maximum atomic E-state index is 14.1. The topological polar surface area (TPSA) is 74.2 Å². The van der Waals surface area contributed by atoms with Gasteiger partial charge in [-0.05, 0) is 71.8 Å². The van der Waals surface area contributed by atoms with E-state index in [-0.39, 0.29) is 11.5 Å². The average molecular weight is 611 g/mol. The molecule has 0 spiro atoms. The molecule has 208 valence electrons. The molecule has 0 aliphatic carbocycles. The van der Waals surface area contributed by atoms with Crippen molar-refractivity contribution < 1.29 is 36.8 Å². The molecule has 4 aromatic rings. The molecule has 0 atom stereocenters. The lowest BCUT2D eigenvalue weighted by atomic mass is 10.1. The molecule has 6 nitrogen and oxygen atoms in total. The van der Waals surface area contributed by atoms with Gasteiger partial charge in [0.05, 0.1) is 24.0 Å². The van der Waals surface area contributed by atoms with Gasteiger partial charge in [0.1, 0.15) is 34.7 Å². The molecule has 6 rings (SSSR count). The van der Waals surface area contributed by atoms with Crippen LogP contribution in [0.1, 0.15) is 22.3 Å². The normalized spacial score (nSPS) is 13.7. The first-order valence-corrected chi connectivity index (χ1v) is 15.3. The number of benzene rings is 4. The molecule has 0 aromatic heterocycles. The van der Waals surface area contributed by atoms with Crippen LogP contribution >= 0.6 is 31.3 Å². The highest BCUT2D eigenvalue weighted by Gasteiger charge is 2.33. The van der Waals surface area contributed by atoms with Crippen LogP contribution in [0.2, 0.25) is 0 Å². The molecule has 2 aliphatic rings. The van der Waals surface area contributed by atoms with Gasteiger partial charge in [0.2, 0.25) is 0 Å². The van der Waals surface area contributed by atoms with Crippen molar-refractivity contribution in [3.05, 3.63) is 107 Å². The van der Waals surface area contributed by atoms with E-state index in [0.717, 1.165) is 0 Å². The Balaban J connectivity index is 1.43. The molecular weight excluding hydrogens is 589 g/mol. The molecule has 41 heavy (non-hydrogen) atoms. The predicted octanol–water partition coefficient (Wildman–Crippen LogP) is 8.74. The second kappa shape index (κ2) is 10.9. The molecule has 0 saturated carbocycles. The number of hydrogen-bond acceptors (Lipinski definition) is 7. The fraction of sp³-hybridized carbons (Fsp3) is 0.0667. The van der Waals surface area contributed by atoms with E-state index in [4.69, 9.17) is 18.5 Å². The minimum Gasteiger partial charge on any atom is -0.496 e. The largest absolute Gasteiger partial charge is 0.584 e. The third-order valence-electron chi connectivity index (χ3n) is 6.30.